The summed E-state index contributed by atoms with van der Waals surface area (Å²) in [5.41, 5.74) is 1.66. The molecule has 0 heterocycles. The summed E-state index contributed by atoms with van der Waals surface area (Å²) in [5.74, 6) is -0.111. The lowest BCUT2D eigenvalue weighted by Gasteiger charge is -2.38. The van der Waals surface area contributed by atoms with Crippen LogP contribution in [0.1, 0.15) is 32.8 Å². The minimum absolute atomic E-state index is 0.111. The Labute approximate surface area is 169 Å². The molecular formula is C20H30N2O4S2. The summed E-state index contributed by atoms with van der Waals surface area (Å²) in [6, 6.07) is 9.96. The van der Waals surface area contributed by atoms with Crippen molar-refractivity contribution in [2.45, 2.75) is 32.4 Å². The van der Waals surface area contributed by atoms with Crippen molar-refractivity contribution in [3.8, 4) is 0 Å². The highest BCUT2D eigenvalue weighted by atomic mass is 32.2. The molecule has 0 aliphatic heterocycles. The first kappa shape index (κ1) is 22.8. The van der Waals surface area contributed by atoms with Crippen LogP contribution in [0.3, 0.4) is 0 Å². The fraction of sp³-hybridized carbons (Fsp3) is 0.500. The van der Waals surface area contributed by atoms with Gasteiger partial charge in [0, 0.05) is 18.5 Å². The van der Waals surface area contributed by atoms with Gasteiger partial charge in [-0.05, 0) is 37.3 Å². The summed E-state index contributed by atoms with van der Waals surface area (Å²) < 4.78 is 52.8. The molecule has 1 aliphatic rings. The number of hydrogen-bond donors (Lipinski definition) is 2. The van der Waals surface area contributed by atoms with E-state index in [9.17, 15) is 16.8 Å². The average Bonchev–Trinajstić information content (AvgIpc) is 2.65. The number of allylic oxidation sites excluding steroid dienone is 3. The molecule has 2 N–H and O–H groups in total. The van der Waals surface area contributed by atoms with Crippen molar-refractivity contribution in [2.24, 2.45) is 11.3 Å². The first-order valence-corrected chi connectivity index (χ1v) is 12.8. The van der Waals surface area contributed by atoms with Crippen LogP contribution in [0.15, 0.2) is 48.6 Å². The number of benzene rings is 1. The quantitative estimate of drug-likeness (QED) is 0.635. The van der Waals surface area contributed by atoms with Gasteiger partial charge < -0.3 is 0 Å². The zero-order valence-corrected chi connectivity index (χ0v) is 18.5. The van der Waals surface area contributed by atoms with Crippen molar-refractivity contribution in [3.63, 3.8) is 0 Å². The highest BCUT2D eigenvalue weighted by molar-refractivity contribution is 7.90. The number of rotatable bonds is 9. The van der Waals surface area contributed by atoms with Gasteiger partial charge >= 0.3 is 0 Å². The van der Waals surface area contributed by atoms with E-state index < -0.39 is 30.7 Å². The Balaban J connectivity index is 2.22. The zero-order valence-electron chi connectivity index (χ0n) is 16.8. The van der Waals surface area contributed by atoms with Crippen molar-refractivity contribution in [2.75, 3.05) is 19.3 Å². The number of sulfonamides is 2. The Morgan fingerprint density at radius 2 is 1.68 bits per heavy atom. The van der Waals surface area contributed by atoms with Crippen LogP contribution in [0.4, 0.5) is 0 Å². The molecule has 2 rings (SSSR count). The third kappa shape index (κ3) is 6.01. The van der Waals surface area contributed by atoms with Crippen LogP contribution >= 0.6 is 0 Å². The molecule has 0 fully saturated rings. The average molecular weight is 427 g/mol. The minimum Gasteiger partial charge on any atom is -0.215 e. The summed E-state index contributed by atoms with van der Waals surface area (Å²) >= 11 is 0. The second kappa shape index (κ2) is 8.90. The SMILES string of the molecule is CC(CNS(=O)(=O)C(C)C)C1(CNS(C)(=O)=O)C=CC(c2ccccc2)=CC1. The zero-order chi connectivity index (χ0) is 21.0. The summed E-state index contributed by atoms with van der Waals surface area (Å²) in [5, 5.41) is -0.517. The first-order chi connectivity index (χ1) is 13.0. The molecule has 0 aromatic heterocycles. The van der Waals surface area contributed by atoms with Gasteiger partial charge in [-0.25, -0.2) is 26.3 Å². The van der Waals surface area contributed by atoms with Crippen LogP contribution in [-0.4, -0.2) is 41.4 Å². The van der Waals surface area contributed by atoms with E-state index in [4.69, 9.17) is 0 Å². The molecule has 28 heavy (non-hydrogen) atoms. The normalized spacial score (nSPS) is 21.5. The van der Waals surface area contributed by atoms with Crippen LogP contribution in [0, 0.1) is 11.3 Å². The van der Waals surface area contributed by atoms with E-state index >= 15 is 0 Å². The Bertz CT molecular complexity index is 936. The van der Waals surface area contributed by atoms with Gasteiger partial charge in [-0.2, -0.15) is 0 Å². The maximum absolute atomic E-state index is 12.1. The molecule has 0 saturated heterocycles. The van der Waals surface area contributed by atoms with Gasteiger partial charge in [0.05, 0.1) is 11.5 Å². The second-order valence-electron chi connectivity index (χ2n) is 7.73. The Kier molecular flexibility index (Phi) is 7.25. The van der Waals surface area contributed by atoms with Gasteiger partial charge in [0.2, 0.25) is 20.0 Å². The van der Waals surface area contributed by atoms with Gasteiger partial charge in [0.1, 0.15) is 0 Å². The van der Waals surface area contributed by atoms with E-state index in [0.29, 0.717) is 6.42 Å². The lowest BCUT2D eigenvalue weighted by Crippen LogP contribution is -2.45. The molecular weight excluding hydrogens is 396 g/mol. The summed E-state index contributed by atoms with van der Waals surface area (Å²) in [4.78, 5) is 0. The largest absolute Gasteiger partial charge is 0.215 e. The molecule has 8 heteroatoms. The number of hydrogen-bond acceptors (Lipinski definition) is 4. The van der Waals surface area contributed by atoms with Crippen LogP contribution in [-0.2, 0) is 20.0 Å². The standard InChI is InChI=1S/C20H30N2O4S2/c1-16(2)28(25,26)21-14-17(3)20(15-22-27(4,23)24)12-10-19(11-13-20)18-8-6-5-7-9-18/h5-12,16-17,21-22H,13-15H2,1-4H3. The van der Waals surface area contributed by atoms with Gasteiger partial charge in [-0.3, -0.25) is 0 Å². The lowest BCUT2D eigenvalue weighted by atomic mass is 9.70. The molecule has 0 radical (unpaired) electrons. The molecule has 1 aromatic carbocycles. The predicted molar refractivity (Wildman–Crippen MR) is 115 cm³/mol. The van der Waals surface area contributed by atoms with Crippen LogP contribution in [0.5, 0.6) is 0 Å². The van der Waals surface area contributed by atoms with Crippen molar-refractivity contribution in [1.29, 1.82) is 0 Å². The Hall–Kier alpha value is -1.48. The highest BCUT2D eigenvalue weighted by Crippen LogP contribution is 2.39. The molecule has 1 aliphatic carbocycles. The van der Waals surface area contributed by atoms with Crippen LogP contribution in [0.2, 0.25) is 0 Å². The summed E-state index contributed by atoms with van der Waals surface area (Å²) in [6.07, 6.45) is 7.84. The van der Waals surface area contributed by atoms with Crippen molar-refractivity contribution < 1.29 is 16.8 Å². The van der Waals surface area contributed by atoms with Crippen LogP contribution in [0.25, 0.3) is 5.57 Å². The Morgan fingerprint density at radius 3 is 2.18 bits per heavy atom. The van der Waals surface area contributed by atoms with E-state index in [2.05, 4.69) is 15.5 Å². The maximum atomic E-state index is 12.1. The van der Waals surface area contributed by atoms with E-state index in [1.54, 1.807) is 13.8 Å². The monoisotopic (exact) mass is 426 g/mol. The molecule has 0 spiro atoms. The smallest absolute Gasteiger partial charge is 0.213 e. The molecule has 0 saturated carbocycles. The van der Waals surface area contributed by atoms with Crippen molar-refractivity contribution >= 4 is 25.6 Å². The minimum atomic E-state index is -3.38. The van der Waals surface area contributed by atoms with Gasteiger partial charge in [-0.1, -0.05) is 55.5 Å². The third-order valence-electron chi connectivity index (χ3n) is 5.26. The first-order valence-electron chi connectivity index (χ1n) is 9.33. The van der Waals surface area contributed by atoms with Crippen molar-refractivity contribution in [3.05, 3.63) is 54.1 Å². The van der Waals surface area contributed by atoms with Gasteiger partial charge in [0.25, 0.3) is 0 Å². The highest BCUT2D eigenvalue weighted by Gasteiger charge is 2.36. The summed E-state index contributed by atoms with van der Waals surface area (Å²) in [6.45, 7) is 5.65. The molecule has 6 nitrogen and oxygen atoms in total. The molecule has 0 bridgehead atoms. The third-order valence-corrected chi connectivity index (χ3v) is 7.74. The van der Waals surface area contributed by atoms with Crippen LogP contribution < -0.4 is 9.44 Å². The molecule has 2 atom stereocenters. The molecule has 2 unspecified atom stereocenters. The second-order valence-corrected chi connectivity index (χ2v) is 11.9. The maximum Gasteiger partial charge on any atom is 0.213 e. The lowest BCUT2D eigenvalue weighted by molar-refractivity contribution is 0.250. The van der Waals surface area contributed by atoms with E-state index in [1.807, 2.05) is 49.4 Å². The van der Waals surface area contributed by atoms with Crippen molar-refractivity contribution in [1.82, 2.24) is 9.44 Å². The summed E-state index contributed by atoms with van der Waals surface area (Å²) in [7, 11) is -6.74. The molecule has 0 amide bonds. The Morgan fingerprint density at radius 1 is 1.04 bits per heavy atom. The van der Waals surface area contributed by atoms with Gasteiger partial charge in [0.15, 0.2) is 0 Å². The number of nitrogens with one attached hydrogen (secondary N) is 2. The van der Waals surface area contributed by atoms with E-state index in [-0.39, 0.29) is 19.0 Å². The fourth-order valence-corrected chi connectivity index (χ4v) is 4.43. The van der Waals surface area contributed by atoms with E-state index in [1.165, 1.54) is 0 Å². The topological polar surface area (TPSA) is 92.3 Å². The molecule has 156 valence electrons. The van der Waals surface area contributed by atoms with Gasteiger partial charge in [-0.15, -0.1) is 0 Å². The molecule has 1 aromatic rings. The van der Waals surface area contributed by atoms with E-state index in [0.717, 1.165) is 17.4 Å². The predicted octanol–water partition coefficient (Wildman–Crippen LogP) is 2.53. The fourth-order valence-electron chi connectivity index (χ4n) is 3.08.